The number of hydrogen-bond donors (Lipinski definition) is 2. The highest BCUT2D eigenvalue weighted by Crippen LogP contribution is 2.08. The third kappa shape index (κ3) is 1.35. The van der Waals surface area contributed by atoms with Crippen molar-refractivity contribution in [1.29, 1.82) is 0 Å². The summed E-state index contributed by atoms with van der Waals surface area (Å²) in [7, 11) is 0. The quantitative estimate of drug-likeness (QED) is 0.584. The fourth-order valence-corrected chi connectivity index (χ4v) is 0.708. The molecular formula is C8H6N2O2. The predicted molar refractivity (Wildman–Crippen MR) is 43.5 cm³/mol. The minimum absolute atomic E-state index is 0.0390. The molecule has 0 aliphatic rings. The van der Waals surface area contributed by atoms with Gasteiger partial charge in [-0.3, -0.25) is 0 Å². The first-order valence-corrected chi connectivity index (χ1v) is 3.10. The molecule has 60 valence electrons. The van der Waals surface area contributed by atoms with Crippen LogP contribution in [0.4, 0.5) is 5.82 Å². The fourth-order valence-electron chi connectivity index (χ4n) is 0.708. The van der Waals surface area contributed by atoms with Gasteiger partial charge >= 0.3 is 5.97 Å². The average molecular weight is 162 g/mol. The Balaban J connectivity index is 3.25. The van der Waals surface area contributed by atoms with Crippen LogP contribution in [0, 0.1) is 12.3 Å². The minimum Gasteiger partial charge on any atom is -0.478 e. The van der Waals surface area contributed by atoms with Crippen LogP contribution in [-0.4, -0.2) is 16.1 Å². The van der Waals surface area contributed by atoms with Crippen molar-refractivity contribution in [3.8, 4) is 12.3 Å². The lowest BCUT2D eigenvalue weighted by Gasteiger charge is -1.97. The SMILES string of the molecule is C#Cc1cc(C(=O)O)cnc1N. The monoisotopic (exact) mass is 162 g/mol. The third-order valence-electron chi connectivity index (χ3n) is 1.32. The molecule has 0 saturated heterocycles. The summed E-state index contributed by atoms with van der Waals surface area (Å²) in [5, 5.41) is 8.55. The fraction of sp³-hybridized carbons (Fsp3) is 0. The van der Waals surface area contributed by atoms with Gasteiger partial charge < -0.3 is 10.8 Å². The molecule has 0 unspecified atom stereocenters. The molecule has 0 amide bonds. The van der Waals surface area contributed by atoms with Gasteiger partial charge in [0.25, 0.3) is 0 Å². The Morgan fingerprint density at radius 3 is 2.92 bits per heavy atom. The van der Waals surface area contributed by atoms with E-state index in [0.717, 1.165) is 0 Å². The second-order valence-electron chi connectivity index (χ2n) is 2.11. The van der Waals surface area contributed by atoms with Gasteiger partial charge in [-0.15, -0.1) is 6.42 Å². The van der Waals surface area contributed by atoms with E-state index >= 15 is 0 Å². The summed E-state index contributed by atoms with van der Waals surface area (Å²) in [6.07, 6.45) is 6.22. The van der Waals surface area contributed by atoms with Crippen LogP contribution in [0.2, 0.25) is 0 Å². The Hall–Kier alpha value is -2.02. The normalized spacial score (nSPS) is 8.92. The lowest BCUT2D eigenvalue weighted by atomic mass is 10.2. The largest absolute Gasteiger partial charge is 0.478 e. The van der Waals surface area contributed by atoms with Crippen LogP contribution in [-0.2, 0) is 0 Å². The summed E-state index contributed by atoms with van der Waals surface area (Å²) in [6.45, 7) is 0. The zero-order chi connectivity index (χ0) is 9.14. The van der Waals surface area contributed by atoms with Crippen molar-refractivity contribution in [2.24, 2.45) is 0 Å². The predicted octanol–water partition coefficient (Wildman–Crippen LogP) is 0.343. The van der Waals surface area contributed by atoms with Crippen LogP contribution in [0.1, 0.15) is 15.9 Å². The summed E-state index contributed by atoms with van der Waals surface area (Å²) >= 11 is 0. The molecule has 1 aromatic rings. The zero-order valence-electron chi connectivity index (χ0n) is 6.11. The molecule has 0 spiro atoms. The van der Waals surface area contributed by atoms with Crippen LogP contribution in [0.5, 0.6) is 0 Å². The van der Waals surface area contributed by atoms with Gasteiger partial charge in [-0.25, -0.2) is 9.78 Å². The molecular weight excluding hydrogens is 156 g/mol. The lowest BCUT2D eigenvalue weighted by molar-refractivity contribution is 0.0696. The van der Waals surface area contributed by atoms with Crippen LogP contribution < -0.4 is 5.73 Å². The highest BCUT2D eigenvalue weighted by molar-refractivity contribution is 5.88. The highest BCUT2D eigenvalue weighted by Gasteiger charge is 2.05. The maximum Gasteiger partial charge on any atom is 0.337 e. The summed E-state index contributed by atoms with van der Waals surface area (Å²) < 4.78 is 0. The van der Waals surface area contributed by atoms with Gasteiger partial charge in [0, 0.05) is 6.20 Å². The van der Waals surface area contributed by atoms with Crippen molar-refractivity contribution in [2.75, 3.05) is 5.73 Å². The van der Waals surface area contributed by atoms with E-state index in [-0.39, 0.29) is 11.4 Å². The Kier molecular flexibility index (Phi) is 1.97. The minimum atomic E-state index is -1.07. The Bertz CT molecular complexity index is 366. The number of anilines is 1. The molecule has 1 rings (SSSR count). The van der Waals surface area contributed by atoms with Crippen LogP contribution in [0.25, 0.3) is 0 Å². The Labute approximate surface area is 69.0 Å². The molecule has 1 aromatic heterocycles. The number of carboxylic acid groups (broad SMARTS) is 1. The van der Waals surface area contributed by atoms with E-state index in [1.807, 2.05) is 0 Å². The van der Waals surface area contributed by atoms with Crippen molar-refractivity contribution >= 4 is 11.8 Å². The molecule has 3 N–H and O–H groups in total. The lowest BCUT2D eigenvalue weighted by Crippen LogP contribution is -2.01. The number of pyridine rings is 1. The van der Waals surface area contributed by atoms with Crippen molar-refractivity contribution < 1.29 is 9.90 Å². The van der Waals surface area contributed by atoms with E-state index in [4.69, 9.17) is 17.3 Å². The van der Waals surface area contributed by atoms with E-state index in [0.29, 0.717) is 5.56 Å². The van der Waals surface area contributed by atoms with E-state index in [2.05, 4.69) is 10.9 Å². The maximum atomic E-state index is 10.4. The average Bonchev–Trinajstić information content (AvgIpc) is 2.05. The number of hydrogen-bond acceptors (Lipinski definition) is 3. The van der Waals surface area contributed by atoms with Crippen LogP contribution in [0.3, 0.4) is 0 Å². The molecule has 4 heteroatoms. The number of aromatic carboxylic acids is 1. The molecule has 4 nitrogen and oxygen atoms in total. The van der Waals surface area contributed by atoms with E-state index in [1.165, 1.54) is 12.3 Å². The van der Waals surface area contributed by atoms with Gasteiger partial charge in [-0.1, -0.05) is 5.92 Å². The van der Waals surface area contributed by atoms with Gasteiger partial charge in [0.2, 0.25) is 0 Å². The Morgan fingerprint density at radius 1 is 1.75 bits per heavy atom. The molecule has 0 aliphatic carbocycles. The molecule has 0 atom stereocenters. The first kappa shape index (κ1) is 8.08. The van der Waals surface area contributed by atoms with Gasteiger partial charge in [0.1, 0.15) is 5.82 Å². The molecule has 0 radical (unpaired) electrons. The highest BCUT2D eigenvalue weighted by atomic mass is 16.4. The standard InChI is InChI=1S/C8H6N2O2/c1-2-5-3-6(8(11)12)4-10-7(5)9/h1,3-4H,(H2,9,10)(H,11,12). The third-order valence-corrected chi connectivity index (χ3v) is 1.32. The summed E-state index contributed by atoms with van der Waals surface area (Å²) in [5.41, 5.74) is 5.69. The van der Waals surface area contributed by atoms with Crippen molar-refractivity contribution in [3.63, 3.8) is 0 Å². The molecule has 0 bridgehead atoms. The maximum absolute atomic E-state index is 10.4. The Morgan fingerprint density at radius 2 is 2.42 bits per heavy atom. The molecule has 0 aromatic carbocycles. The van der Waals surface area contributed by atoms with Gasteiger partial charge in [0.05, 0.1) is 11.1 Å². The summed E-state index contributed by atoms with van der Waals surface area (Å²) in [6, 6.07) is 1.31. The number of carboxylic acids is 1. The topological polar surface area (TPSA) is 76.2 Å². The smallest absolute Gasteiger partial charge is 0.337 e. The van der Waals surface area contributed by atoms with Crippen molar-refractivity contribution in [2.45, 2.75) is 0 Å². The molecule has 0 saturated carbocycles. The zero-order valence-corrected chi connectivity index (χ0v) is 6.11. The number of rotatable bonds is 1. The second kappa shape index (κ2) is 2.93. The number of nitrogens with two attached hydrogens (primary N) is 1. The number of terminal acetylenes is 1. The van der Waals surface area contributed by atoms with Crippen LogP contribution in [0.15, 0.2) is 12.3 Å². The summed E-state index contributed by atoms with van der Waals surface area (Å²) in [4.78, 5) is 14.1. The van der Waals surface area contributed by atoms with E-state index in [1.54, 1.807) is 0 Å². The molecule has 0 fully saturated rings. The van der Waals surface area contributed by atoms with E-state index < -0.39 is 5.97 Å². The van der Waals surface area contributed by atoms with Gasteiger partial charge in [-0.05, 0) is 6.07 Å². The van der Waals surface area contributed by atoms with Crippen LogP contribution >= 0.6 is 0 Å². The first-order chi connectivity index (χ1) is 5.65. The molecule has 0 aliphatic heterocycles. The second-order valence-corrected chi connectivity index (χ2v) is 2.11. The van der Waals surface area contributed by atoms with Gasteiger partial charge in [0.15, 0.2) is 0 Å². The molecule has 1 heterocycles. The van der Waals surface area contributed by atoms with E-state index in [9.17, 15) is 4.79 Å². The number of aromatic nitrogens is 1. The number of nitrogen functional groups attached to an aromatic ring is 1. The number of nitrogens with zero attached hydrogens (tertiary/aromatic N) is 1. The van der Waals surface area contributed by atoms with Crippen molar-refractivity contribution in [1.82, 2.24) is 4.98 Å². The number of carbonyl (C=O) groups is 1. The first-order valence-electron chi connectivity index (χ1n) is 3.10. The van der Waals surface area contributed by atoms with Crippen molar-refractivity contribution in [3.05, 3.63) is 23.4 Å². The summed E-state index contributed by atoms with van der Waals surface area (Å²) in [5.74, 6) is 1.34. The molecule has 12 heavy (non-hydrogen) atoms. The van der Waals surface area contributed by atoms with Gasteiger partial charge in [-0.2, -0.15) is 0 Å².